The first-order valence-corrected chi connectivity index (χ1v) is 11.9. The molecule has 0 bridgehead atoms. The van der Waals surface area contributed by atoms with Gasteiger partial charge in [-0.3, -0.25) is 4.79 Å². The molecule has 1 heterocycles. The second-order valence-electron chi connectivity index (χ2n) is 7.52. The van der Waals surface area contributed by atoms with Crippen LogP contribution in [0.4, 0.5) is 4.39 Å². The number of piperidine rings is 1. The number of nitrogens with zero attached hydrogens (tertiary/aromatic N) is 1. The Balaban J connectivity index is 1.55. The average molecular weight is 453 g/mol. The second kappa shape index (κ2) is 9.90. The van der Waals surface area contributed by atoms with Crippen LogP contribution in [0.1, 0.15) is 37.7 Å². The van der Waals surface area contributed by atoms with Gasteiger partial charge in [0.2, 0.25) is 15.9 Å². The molecule has 0 radical (unpaired) electrons. The maximum Gasteiger partial charge on any atom is 0.243 e. The number of halogens is 2. The van der Waals surface area contributed by atoms with Crippen LogP contribution in [-0.4, -0.2) is 38.3 Å². The molecule has 2 aromatic carbocycles. The van der Waals surface area contributed by atoms with Crippen LogP contribution in [-0.2, 0) is 14.8 Å². The first-order chi connectivity index (χ1) is 14.3. The molecule has 8 heteroatoms. The summed E-state index contributed by atoms with van der Waals surface area (Å²) < 4.78 is 40.2. The highest BCUT2D eigenvalue weighted by atomic mass is 35.5. The largest absolute Gasteiger partial charge is 0.355 e. The predicted molar refractivity (Wildman–Crippen MR) is 115 cm³/mol. The monoisotopic (exact) mass is 452 g/mol. The lowest BCUT2D eigenvalue weighted by Crippen LogP contribution is -2.43. The number of benzene rings is 2. The third-order valence-electron chi connectivity index (χ3n) is 5.64. The third kappa shape index (κ3) is 5.20. The van der Waals surface area contributed by atoms with Crippen LogP contribution in [0, 0.1) is 11.7 Å². The Kier molecular flexibility index (Phi) is 7.50. The molecule has 1 fully saturated rings. The molecule has 162 valence electrons. The normalized spacial score (nSPS) is 16.9. The molecule has 1 atom stereocenters. The van der Waals surface area contributed by atoms with Gasteiger partial charge in [0, 0.05) is 31.5 Å². The highest BCUT2D eigenvalue weighted by Gasteiger charge is 2.32. The molecule has 0 aromatic heterocycles. The van der Waals surface area contributed by atoms with Crippen LogP contribution >= 0.6 is 11.6 Å². The third-order valence-corrected chi connectivity index (χ3v) is 7.82. The lowest BCUT2D eigenvalue weighted by atomic mass is 9.94. The van der Waals surface area contributed by atoms with E-state index in [2.05, 4.69) is 24.4 Å². The number of sulfonamides is 1. The Morgan fingerprint density at radius 1 is 1.20 bits per heavy atom. The predicted octanol–water partition coefficient (Wildman–Crippen LogP) is 4.19. The van der Waals surface area contributed by atoms with Gasteiger partial charge >= 0.3 is 0 Å². The number of nitrogens with one attached hydrogen (secondary N) is 1. The standard InChI is InChI=1S/C22H26ClFN2O3S/c1-2-16(17-6-4-3-5-7-17)15-25-22(27)18-10-12-26(13-11-18)30(28,29)19-8-9-21(24)20(23)14-19/h3-9,14,16,18H,2,10-13,15H2,1H3,(H,25,27). The van der Waals surface area contributed by atoms with Crippen molar-refractivity contribution >= 4 is 27.5 Å². The van der Waals surface area contributed by atoms with Crippen molar-refractivity contribution in [2.45, 2.75) is 37.0 Å². The van der Waals surface area contributed by atoms with Gasteiger partial charge in [-0.05, 0) is 43.0 Å². The average Bonchev–Trinajstić information content (AvgIpc) is 2.76. The van der Waals surface area contributed by atoms with Gasteiger partial charge in [-0.2, -0.15) is 4.31 Å². The molecule has 0 aliphatic carbocycles. The Hall–Kier alpha value is -1.96. The van der Waals surface area contributed by atoms with E-state index in [4.69, 9.17) is 11.6 Å². The van der Waals surface area contributed by atoms with Gasteiger partial charge in [-0.15, -0.1) is 0 Å². The summed E-state index contributed by atoms with van der Waals surface area (Å²) in [4.78, 5) is 12.6. The molecule has 5 nitrogen and oxygen atoms in total. The van der Waals surface area contributed by atoms with Crippen LogP contribution in [0.25, 0.3) is 0 Å². The van der Waals surface area contributed by atoms with Crippen molar-refractivity contribution in [3.8, 4) is 0 Å². The van der Waals surface area contributed by atoms with E-state index < -0.39 is 15.8 Å². The smallest absolute Gasteiger partial charge is 0.243 e. The van der Waals surface area contributed by atoms with Crippen molar-refractivity contribution in [1.82, 2.24) is 9.62 Å². The van der Waals surface area contributed by atoms with E-state index in [0.717, 1.165) is 18.6 Å². The lowest BCUT2D eigenvalue weighted by molar-refractivity contribution is -0.126. The molecule has 1 unspecified atom stereocenters. The van der Waals surface area contributed by atoms with Gasteiger partial charge in [-0.25, -0.2) is 12.8 Å². The minimum atomic E-state index is -3.77. The number of carbonyl (C=O) groups is 1. The van der Waals surface area contributed by atoms with Gasteiger partial charge in [0.05, 0.1) is 9.92 Å². The molecular weight excluding hydrogens is 427 g/mol. The van der Waals surface area contributed by atoms with Crippen molar-refractivity contribution in [2.75, 3.05) is 19.6 Å². The number of hydrogen-bond acceptors (Lipinski definition) is 3. The van der Waals surface area contributed by atoms with Crippen LogP contribution in [0.5, 0.6) is 0 Å². The molecule has 3 rings (SSSR count). The Morgan fingerprint density at radius 2 is 1.87 bits per heavy atom. The molecule has 0 spiro atoms. The summed E-state index contributed by atoms with van der Waals surface area (Å²) in [6.45, 7) is 3.14. The van der Waals surface area contributed by atoms with Crippen LogP contribution in [0.3, 0.4) is 0 Å². The van der Waals surface area contributed by atoms with Crippen molar-refractivity contribution in [2.24, 2.45) is 5.92 Å². The second-order valence-corrected chi connectivity index (χ2v) is 9.86. The van der Waals surface area contributed by atoms with E-state index in [1.54, 1.807) is 0 Å². The molecule has 1 N–H and O–H groups in total. The highest BCUT2D eigenvalue weighted by molar-refractivity contribution is 7.89. The van der Waals surface area contributed by atoms with E-state index >= 15 is 0 Å². The molecule has 2 aromatic rings. The summed E-state index contributed by atoms with van der Waals surface area (Å²) in [6.07, 6.45) is 1.81. The fraction of sp³-hybridized carbons (Fsp3) is 0.409. The fourth-order valence-corrected chi connectivity index (χ4v) is 5.48. The van der Waals surface area contributed by atoms with Crippen molar-refractivity contribution < 1.29 is 17.6 Å². The quantitative estimate of drug-likeness (QED) is 0.685. The van der Waals surface area contributed by atoms with Gasteiger partial charge in [0.15, 0.2) is 0 Å². The fourth-order valence-electron chi connectivity index (χ4n) is 3.74. The lowest BCUT2D eigenvalue weighted by Gasteiger charge is -2.31. The zero-order valence-electron chi connectivity index (χ0n) is 16.9. The van der Waals surface area contributed by atoms with E-state index in [1.807, 2.05) is 18.2 Å². The number of hydrogen-bond donors (Lipinski definition) is 1. The van der Waals surface area contributed by atoms with Crippen molar-refractivity contribution in [3.05, 3.63) is 64.9 Å². The van der Waals surface area contributed by atoms with E-state index in [1.165, 1.54) is 15.9 Å². The van der Waals surface area contributed by atoms with Gasteiger partial charge in [0.25, 0.3) is 0 Å². The number of rotatable bonds is 7. The van der Waals surface area contributed by atoms with Gasteiger partial charge in [0.1, 0.15) is 5.82 Å². The summed E-state index contributed by atoms with van der Waals surface area (Å²) in [5.41, 5.74) is 1.19. The first kappa shape index (κ1) is 22.7. The van der Waals surface area contributed by atoms with Crippen molar-refractivity contribution in [3.63, 3.8) is 0 Å². The SMILES string of the molecule is CCC(CNC(=O)C1CCN(S(=O)(=O)c2ccc(F)c(Cl)c2)CC1)c1ccccc1. The topological polar surface area (TPSA) is 66.5 Å². The molecule has 1 aliphatic heterocycles. The Morgan fingerprint density at radius 3 is 2.47 bits per heavy atom. The van der Waals surface area contributed by atoms with Gasteiger partial charge < -0.3 is 5.32 Å². The zero-order valence-corrected chi connectivity index (χ0v) is 18.4. The highest BCUT2D eigenvalue weighted by Crippen LogP contribution is 2.27. The number of amides is 1. The summed E-state index contributed by atoms with van der Waals surface area (Å²) in [6, 6.07) is 13.5. The number of carbonyl (C=O) groups excluding carboxylic acids is 1. The Bertz CT molecular complexity index is 977. The van der Waals surface area contributed by atoms with E-state index in [9.17, 15) is 17.6 Å². The first-order valence-electron chi connectivity index (χ1n) is 10.1. The maximum atomic E-state index is 13.3. The van der Waals surface area contributed by atoms with Crippen molar-refractivity contribution in [1.29, 1.82) is 0 Å². The van der Waals surface area contributed by atoms with E-state index in [-0.39, 0.29) is 40.8 Å². The van der Waals surface area contributed by atoms with Crippen LogP contribution in [0.2, 0.25) is 5.02 Å². The molecule has 1 aliphatic rings. The van der Waals surface area contributed by atoms with Crippen LogP contribution in [0.15, 0.2) is 53.4 Å². The van der Waals surface area contributed by atoms with E-state index in [0.29, 0.717) is 19.4 Å². The molecule has 30 heavy (non-hydrogen) atoms. The summed E-state index contributed by atoms with van der Waals surface area (Å²) in [5.74, 6) is -0.668. The molecule has 1 saturated heterocycles. The molecule has 1 amide bonds. The summed E-state index contributed by atoms with van der Waals surface area (Å²) in [5, 5.41) is 2.81. The maximum absolute atomic E-state index is 13.3. The summed E-state index contributed by atoms with van der Waals surface area (Å²) in [7, 11) is -3.77. The zero-order chi connectivity index (χ0) is 21.7. The van der Waals surface area contributed by atoms with Gasteiger partial charge in [-0.1, -0.05) is 48.9 Å². The van der Waals surface area contributed by atoms with Crippen LogP contribution < -0.4 is 5.32 Å². The molecule has 0 saturated carbocycles. The summed E-state index contributed by atoms with van der Waals surface area (Å²) >= 11 is 5.73. The minimum Gasteiger partial charge on any atom is -0.355 e. The molecular formula is C22H26ClFN2O3S. The Labute approximate surface area is 182 Å². The minimum absolute atomic E-state index is 0.0359.